The smallest absolute Gasteiger partial charge is 0.311 e. The summed E-state index contributed by atoms with van der Waals surface area (Å²) in [6.07, 6.45) is 1.71. The zero-order valence-corrected chi connectivity index (χ0v) is 11.8. The van der Waals surface area contributed by atoms with Crippen LogP contribution < -0.4 is 9.64 Å². The third kappa shape index (κ3) is 2.85. The van der Waals surface area contributed by atoms with Crippen molar-refractivity contribution >= 4 is 11.4 Å². The predicted molar refractivity (Wildman–Crippen MR) is 76.3 cm³/mol. The highest BCUT2D eigenvalue weighted by molar-refractivity contribution is 5.61. The van der Waals surface area contributed by atoms with Crippen molar-refractivity contribution in [2.24, 2.45) is 0 Å². The van der Waals surface area contributed by atoms with Gasteiger partial charge in [0.05, 0.1) is 17.1 Å². The summed E-state index contributed by atoms with van der Waals surface area (Å²) in [7, 11) is 0. The van der Waals surface area contributed by atoms with Crippen molar-refractivity contribution in [2.45, 2.75) is 32.3 Å². The fourth-order valence-corrected chi connectivity index (χ4v) is 2.59. The first-order valence-electron chi connectivity index (χ1n) is 6.87. The van der Waals surface area contributed by atoms with Crippen LogP contribution in [-0.2, 0) is 0 Å². The lowest BCUT2D eigenvalue weighted by Gasteiger charge is -2.48. The maximum absolute atomic E-state index is 10.9. The van der Waals surface area contributed by atoms with Crippen LogP contribution in [0.15, 0.2) is 18.2 Å². The Hall–Kier alpha value is -1.82. The summed E-state index contributed by atoms with van der Waals surface area (Å²) >= 11 is 0. The molecule has 0 aromatic heterocycles. The molecule has 1 heterocycles. The second-order valence-electron chi connectivity index (χ2n) is 5.17. The molecule has 1 fully saturated rings. The Morgan fingerprint density at radius 1 is 1.45 bits per heavy atom. The molecule has 0 amide bonds. The molecule has 0 saturated carbocycles. The highest BCUT2D eigenvalue weighted by atomic mass is 16.6. The minimum absolute atomic E-state index is 0.0278. The molecule has 110 valence electrons. The van der Waals surface area contributed by atoms with Gasteiger partial charge in [-0.3, -0.25) is 10.1 Å². The standard InChI is InChI=1S/C14H20N2O4/c1-3-7-14(17)9-15(10-14)11-5-6-12(16(18)19)13(8-11)20-4-2/h5-6,8,17H,3-4,7,9-10H2,1-2H3. The molecule has 6 nitrogen and oxygen atoms in total. The molecule has 6 heteroatoms. The van der Waals surface area contributed by atoms with Crippen molar-refractivity contribution in [3.63, 3.8) is 0 Å². The minimum atomic E-state index is -0.623. The van der Waals surface area contributed by atoms with Gasteiger partial charge in [0.15, 0.2) is 5.75 Å². The third-order valence-corrected chi connectivity index (χ3v) is 3.49. The Morgan fingerprint density at radius 2 is 2.15 bits per heavy atom. The van der Waals surface area contributed by atoms with E-state index in [1.54, 1.807) is 19.1 Å². The van der Waals surface area contributed by atoms with Gasteiger partial charge in [0.1, 0.15) is 0 Å². The summed E-state index contributed by atoms with van der Waals surface area (Å²) in [6, 6.07) is 4.83. The Bertz CT molecular complexity index is 498. The number of aliphatic hydroxyl groups is 1. The molecule has 0 unspecified atom stereocenters. The maximum atomic E-state index is 10.9. The Kier molecular flexibility index (Phi) is 4.13. The number of benzene rings is 1. The predicted octanol–water partition coefficient (Wildman–Crippen LogP) is 2.34. The summed E-state index contributed by atoms with van der Waals surface area (Å²) in [5.41, 5.74) is 0.197. The molecule has 1 aromatic rings. The van der Waals surface area contributed by atoms with Crippen LogP contribution in [0.3, 0.4) is 0 Å². The number of β-amino-alcohol motifs (C(OH)–C–C–N with tert-alkyl or cyclic N) is 1. The van der Waals surface area contributed by atoms with Gasteiger partial charge in [-0.15, -0.1) is 0 Å². The third-order valence-electron chi connectivity index (χ3n) is 3.49. The van der Waals surface area contributed by atoms with Crippen LogP contribution in [-0.4, -0.2) is 35.3 Å². The molecule has 0 bridgehead atoms. The largest absolute Gasteiger partial charge is 0.487 e. The summed E-state index contributed by atoms with van der Waals surface area (Å²) in [4.78, 5) is 12.5. The minimum Gasteiger partial charge on any atom is -0.487 e. The van der Waals surface area contributed by atoms with E-state index in [9.17, 15) is 15.2 Å². The van der Waals surface area contributed by atoms with Gasteiger partial charge in [0.25, 0.3) is 0 Å². The number of hydrogen-bond donors (Lipinski definition) is 1. The number of anilines is 1. The van der Waals surface area contributed by atoms with E-state index in [2.05, 4.69) is 0 Å². The van der Waals surface area contributed by atoms with Gasteiger partial charge in [0.2, 0.25) is 0 Å². The SMILES string of the molecule is CCCC1(O)CN(c2ccc([N+](=O)[O-])c(OCC)c2)C1. The van der Waals surface area contributed by atoms with Crippen LogP contribution in [0.5, 0.6) is 5.75 Å². The molecule has 0 atom stereocenters. The molecule has 20 heavy (non-hydrogen) atoms. The first kappa shape index (κ1) is 14.6. The number of nitro groups is 1. The van der Waals surface area contributed by atoms with Crippen LogP contribution >= 0.6 is 0 Å². The van der Waals surface area contributed by atoms with Crippen LogP contribution in [0.4, 0.5) is 11.4 Å². The topological polar surface area (TPSA) is 75.8 Å². The van der Waals surface area contributed by atoms with E-state index in [4.69, 9.17) is 4.74 Å². The highest BCUT2D eigenvalue weighted by Gasteiger charge is 2.40. The molecule has 0 aliphatic carbocycles. The monoisotopic (exact) mass is 280 g/mol. The van der Waals surface area contributed by atoms with E-state index >= 15 is 0 Å². The van der Waals surface area contributed by atoms with Gasteiger partial charge < -0.3 is 14.7 Å². The van der Waals surface area contributed by atoms with Crippen LogP contribution in [0.25, 0.3) is 0 Å². The van der Waals surface area contributed by atoms with Crippen LogP contribution in [0, 0.1) is 10.1 Å². The fraction of sp³-hybridized carbons (Fsp3) is 0.571. The number of nitrogens with zero attached hydrogens (tertiary/aromatic N) is 2. The maximum Gasteiger partial charge on any atom is 0.311 e. The molecule has 2 rings (SSSR count). The lowest BCUT2D eigenvalue weighted by Crippen LogP contribution is -2.61. The number of nitro benzene ring substituents is 1. The molecular formula is C14H20N2O4. The second-order valence-corrected chi connectivity index (χ2v) is 5.17. The molecule has 1 saturated heterocycles. The van der Waals surface area contributed by atoms with E-state index in [-0.39, 0.29) is 11.4 Å². The zero-order chi connectivity index (χ0) is 14.8. The summed E-state index contributed by atoms with van der Waals surface area (Å²) in [5.74, 6) is 0.279. The van der Waals surface area contributed by atoms with Crippen molar-refractivity contribution in [1.29, 1.82) is 0 Å². The van der Waals surface area contributed by atoms with Gasteiger partial charge in [-0.2, -0.15) is 0 Å². The van der Waals surface area contributed by atoms with Crippen LogP contribution in [0.2, 0.25) is 0 Å². The van der Waals surface area contributed by atoms with Gasteiger partial charge in [-0.05, 0) is 19.4 Å². The Labute approximate surface area is 118 Å². The van der Waals surface area contributed by atoms with E-state index in [1.807, 2.05) is 11.8 Å². The zero-order valence-electron chi connectivity index (χ0n) is 11.8. The molecule has 0 radical (unpaired) electrons. The van der Waals surface area contributed by atoms with Crippen molar-refractivity contribution < 1.29 is 14.8 Å². The molecule has 1 aromatic carbocycles. The summed E-state index contributed by atoms with van der Waals surface area (Å²) in [6.45, 7) is 5.33. The first-order valence-corrected chi connectivity index (χ1v) is 6.87. The van der Waals surface area contributed by atoms with Gasteiger partial charge in [-0.1, -0.05) is 13.3 Å². The highest BCUT2D eigenvalue weighted by Crippen LogP contribution is 2.36. The number of hydrogen-bond acceptors (Lipinski definition) is 5. The van der Waals surface area contributed by atoms with E-state index in [1.165, 1.54) is 6.07 Å². The van der Waals surface area contributed by atoms with Crippen molar-refractivity contribution in [2.75, 3.05) is 24.6 Å². The van der Waals surface area contributed by atoms with Gasteiger partial charge in [-0.25, -0.2) is 0 Å². The van der Waals surface area contributed by atoms with E-state index in [0.29, 0.717) is 19.7 Å². The first-order chi connectivity index (χ1) is 9.49. The second kappa shape index (κ2) is 5.66. The summed E-state index contributed by atoms with van der Waals surface area (Å²) < 4.78 is 5.33. The van der Waals surface area contributed by atoms with E-state index in [0.717, 1.165) is 18.5 Å². The number of rotatable bonds is 6. The van der Waals surface area contributed by atoms with Crippen molar-refractivity contribution in [3.8, 4) is 5.75 Å². The molecule has 0 spiro atoms. The normalized spacial score (nSPS) is 16.6. The Balaban J connectivity index is 2.15. The molecule has 1 aliphatic heterocycles. The molecule has 1 aliphatic rings. The average Bonchev–Trinajstić information content (AvgIpc) is 2.36. The molecule has 1 N–H and O–H groups in total. The summed E-state index contributed by atoms with van der Waals surface area (Å²) in [5, 5.41) is 21.1. The lowest BCUT2D eigenvalue weighted by molar-refractivity contribution is -0.385. The number of ether oxygens (including phenoxy) is 1. The van der Waals surface area contributed by atoms with Crippen molar-refractivity contribution in [3.05, 3.63) is 28.3 Å². The van der Waals surface area contributed by atoms with E-state index < -0.39 is 10.5 Å². The average molecular weight is 280 g/mol. The van der Waals surface area contributed by atoms with Gasteiger partial charge in [0, 0.05) is 30.9 Å². The van der Waals surface area contributed by atoms with Crippen LogP contribution in [0.1, 0.15) is 26.7 Å². The van der Waals surface area contributed by atoms with Crippen molar-refractivity contribution in [1.82, 2.24) is 0 Å². The Morgan fingerprint density at radius 3 is 2.70 bits per heavy atom. The fourth-order valence-electron chi connectivity index (χ4n) is 2.59. The van der Waals surface area contributed by atoms with Gasteiger partial charge >= 0.3 is 5.69 Å². The quantitative estimate of drug-likeness (QED) is 0.639. The lowest BCUT2D eigenvalue weighted by atomic mass is 9.89. The molecular weight excluding hydrogens is 260 g/mol.